The monoisotopic (exact) mass is 380 g/mol. The van der Waals surface area contributed by atoms with Crippen molar-refractivity contribution in [3.63, 3.8) is 0 Å². The molecule has 144 valence electrons. The zero-order valence-corrected chi connectivity index (χ0v) is 15.2. The fraction of sp³-hybridized carbons (Fsp3) is 0.333. The van der Waals surface area contributed by atoms with E-state index in [1.165, 1.54) is 0 Å². The van der Waals surface area contributed by atoms with E-state index in [0.717, 1.165) is 15.8 Å². The zero-order chi connectivity index (χ0) is 19.7. The summed E-state index contributed by atoms with van der Waals surface area (Å²) in [5.41, 5.74) is 1.30. The van der Waals surface area contributed by atoms with Gasteiger partial charge in [-0.3, -0.25) is 24.1 Å². The maximum absolute atomic E-state index is 12.4. The number of H-pyrrole nitrogens is 1. The second-order valence-corrected chi connectivity index (χ2v) is 7.07. The third-order valence-electron chi connectivity index (χ3n) is 5.39. The summed E-state index contributed by atoms with van der Waals surface area (Å²) in [5.74, 6) is -1.98. The number of nitrogens with zero attached hydrogens (tertiary/aromatic N) is 1. The van der Waals surface area contributed by atoms with Crippen molar-refractivity contribution in [3.8, 4) is 0 Å². The van der Waals surface area contributed by atoms with E-state index in [2.05, 4.69) is 4.98 Å². The van der Waals surface area contributed by atoms with Gasteiger partial charge in [0.1, 0.15) is 0 Å². The summed E-state index contributed by atoms with van der Waals surface area (Å²) < 4.78 is 5.06. The van der Waals surface area contributed by atoms with E-state index in [1.807, 2.05) is 36.4 Å². The maximum atomic E-state index is 12.4. The van der Waals surface area contributed by atoms with Gasteiger partial charge in [-0.05, 0) is 18.9 Å². The molecule has 1 aliphatic carbocycles. The van der Waals surface area contributed by atoms with Crippen molar-refractivity contribution in [2.24, 2.45) is 11.8 Å². The number of Topliss-reactive ketones (excluding diaryl/α,β-unsaturated/α-hetero) is 1. The Morgan fingerprint density at radius 2 is 1.75 bits per heavy atom. The molecule has 2 heterocycles. The molecule has 2 aliphatic rings. The number of para-hydroxylation sites is 1. The molecule has 7 heteroatoms. The van der Waals surface area contributed by atoms with Crippen LogP contribution in [-0.2, 0) is 19.1 Å². The predicted octanol–water partition coefficient (Wildman–Crippen LogP) is 2.24. The summed E-state index contributed by atoms with van der Waals surface area (Å²) in [5, 5.41) is 0.771. The summed E-state index contributed by atoms with van der Waals surface area (Å²) in [6.07, 6.45) is 6.44. The average molecular weight is 380 g/mol. The SMILES string of the molecule is O=C(CCN1C(=O)[C@H]2CC=CC[C@@H]2C1=O)OCC(=O)c1c[nH]c2ccccc12. The number of hydrogen-bond acceptors (Lipinski definition) is 5. The normalized spacial score (nSPS) is 21.2. The Hall–Kier alpha value is -3.22. The second-order valence-electron chi connectivity index (χ2n) is 7.07. The topological polar surface area (TPSA) is 96.5 Å². The van der Waals surface area contributed by atoms with Gasteiger partial charge in [-0.1, -0.05) is 30.4 Å². The zero-order valence-electron chi connectivity index (χ0n) is 15.2. The number of likely N-dealkylation sites (tertiary alicyclic amines) is 1. The van der Waals surface area contributed by atoms with Gasteiger partial charge in [-0.2, -0.15) is 0 Å². The lowest BCUT2D eigenvalue weighted by molar-refractivity contribution is -0.145. The van der Waals surface area contributed by atoms with Crippen molar-refractivity contribution in [2.45, 2.75) is 19.3 Å². The number of amides is 2. The number of ketones is 1. The number of nitrogens with one attached hydrogen (secondary N) is 1. The Kier molecular flexibility index (Phi) is 4.81. The molecule has 28 heavy (non-hydrogen) atoms. The molecule has 0 radical (unpaired) electrons. The van der Waals surface area contributed by atoms with E-state index in [1.54, 1.807) is 6.20 Å². The number of imide groups is 1. The van der Waals surface area contributed by atoms with Crippen molar-refractivity contribution in [3.05, 3.63) is 48.2 Å². The van der Waals surface area contributed by atoms with E-state index in [9.17, 15) is 19.2 Å². The Morgan fingerprint density at radius 1 is 1.07 bits per heavy atom. The number of carbonyl (C=O) groups is 4. The van der Waals surface area contributed by atoms with Crippen LogP contribution in [0.1, 0.15) is 29.6 Å². The van der Waals surface area contributed by atoms with Crippen LogP contribution < -0.4 is 0 Å². The van der Waals surface area contributed by atoms with Gasteiger partial charge in [-0.15, -0.1) is 0 Å². The summed E-state index contributed by atoms with van der Waals surface area (Å²) >= 11 is 0. The van der Waals surface area contributed by atoms with Crippen LogP contribution in [0.4, 0.5) is 0 Å². The lowest BCUT2D eigenvalue weighted by atomic mass is 9.85. The number of carbonyl (C=O) groups excluding carboxylic acids is 4. The largest absolute Gasteiger partial charge is 0.457 e. The summed E-state index contributed by atoms with van der Waals surface area (Å²) in [6.45, 7) is -0.386. The van der Waals surface area contributed by atoms with Gasteiger partial charge in [0.2, 0.25) is 17.6 Å². The molecule has 0 saturated carbocycles. The van der Waals surface area contributed by atoms with Crippen molar-refractivity contribution < 1.29 is 23.9 Å². The van der Waals surface area contributed by atoms with Crippen LogP contribution in [0.25, 0.3) is 10.9 Å². The number of allylic oxidation sites excluding steroid dienone is 2. The van der Waals surface area contributed by atoms with Crippen LogP contribution in [0.15, 0.2) is 42.6 Å². The molecule has 1 fully saturated rings. The molecule has 2 amide bonds. The van der Waals surface area contributed by atoms with Gasteiger partial charge >= 0.3 is 5.97 Å². The van der Waals surface area contributed by atoms with E-state index >= 15 is 0 Å². The lowest BCUT2D eigenvalue weighted by Crippen LogP contribution is -2.33. The smallest absolute Gasteiger partial charge is 0.308 e. The van der Waals surface area contributed by atoms with Gasteiger partial charge in [0, 0.05) is 29.2 Å². The fourth-order valence-corrected chi connectivity index (χ4v) is 3.89. The van der Waals surface area contributed by atoms with Crippen LogP contribution in [0, 0.1) is 11.8 Å². The summed E-state index contributed by atoms with van der Waals surface area (Å²) in [7, 11) is 0. The van der Waals surface area contributed by atoms with Gasteiger partial charge in [0.15, 0.2) is 6.61 Å². The molecular weight excluding hydrogens is 360 g/mol. The van der Waals surface area contributed by atoms with Gasteiger partial charge in [-0.25, -0.2) is 0 Å². The number of aromatic amines is 1. The van der Waals surface area contributed by atoms with Crippen molar-refractivity contribution in [1.82, 2.24) is 9.88 Å². The van der Waals surface area contributed by atoms with Crippen LogP contribution in [0.3, 0.4) is 0 Å². The predicted molar refractivity (Wildman–Crippen MR) is 100 cm³/mol. The van der Waals surface area contributed by atoms with E-state index < -0.39 is 5.97 Å². The molecule has 0 spiro atoms. The minimum absolute atomic E-state index is 0.00915. The summed E-state index contributed by atoms with van der Waals surface area (Å²) in [4.78, 5) is 53.3. The number of rotatable bonds is 6. The Bertz CT molecular complexity index is 964. The van der Waals surface area contributed by atoms with E-state index in [0.29, 0.717) is 18.4 Å². The molecule has 4 rings (SSSR count). The molecule has 1 aromatic heterocycles. The molecular formula is C21H20N2O5. The Balaban J connectivity index is 1.30. The number of benzene rings is 1. The highest BCUT2D eigenvalue weighted by Gasteiger charge is 2.46. The lowest BCUT2D eigenvalue weighted by Gasteiger charge is -2.14. The minimum atomic E-state index is -0.609. The molecule has 1 saturated heterocycles. The number of hydrogen-bond donors (Lipinski definition) is 1. The van der Waals surface area contributed by atoms with Gasteiger partial charge in [0.25, 0.3) is 0 Å². The number of fused-ring (bicyclic) bond motifs is 2. The first-order chi connectivity index (χ1) is 13.6. The van der Waals surface area contributed by atoms with Crippen LogP contribution in [0.2, 0.25) is 0 Å². The molecule has 0 unspecified atom stereocenters. The average Bonchev–Trinajstić information content (AvgIpc) is 3.25. The molecule has 0 bridgehead atoms. The first-order valence-electron chi connectivity index (χ1n) is 9.31. The molecule has 1 N–H and O–H groups in total. The van der Waals surface area contributed by atoms with Gasteiger partial charge < -0.3 is 9.72 Å². The number of aromatic nitrogens is 1. The van der Waals surface area contributed by atoms with Crippen molar-refractivity contribution in [2.75, 3.05) is 13.2 Å². The standard InChI is InChI=1S/C21H20N2O5/c24-18(16-11-22-17-8-4-3-5-13(16)17)12-28-19(25)9-10-23-20(26)14-6-1-2-7-15(14)21(23)27/h1-5,8,11,14-15,22H,6-7,9-10,12H2/t14-,15-/m0/s1. The molecule has 1 aromatic carbocycles. The Labute approximate surface area is 161 Å². The molecule has 2 aromatic rings. The van der Waals surface area contributed by atoms with Crippen molar-refractivity contribution in [1.29, 1.82) is 0 Å². The third-order valence-corrected chi connectivity index (χ3v) is 5.39. The number of ether oxygens (including phenoxy) is 1. The minimum Gasteiger partial charge on any atom is -0.457 e. The first-order valence-corrected chi connectivity index (χ1v) is 9.31. The fourth-order valence-electron chi connectivity index (χ4n) is 3.89. The van der Waals surface area contributed by atoms with Crippen LogP contribution in [0.5, 0.6) is 0 Å². The Morgan fingerprint density at radius 3 is 2.46 bits per heavy atom. The number of esters is 1. The highest BCUT2D eigenvalue weighted by Crippen LogP contribution is 2.35. The second kappa shape index (κ2) is 7.42. The maximum Gasteiger partial charge on any atom is 0.308 e. The quantitative estimate of drug-likeness (QED) is 0.359. The first kappa shape index (κ1) is 18.2. The van der Waals surface area contributed by atoms with Crippen LogP contribution in [-0.4, -0.2) is 46.6 Å². The van der Waals surface area contributed by atoms with Crippen molar-refractivity contribution >= 4 is 34.5 Å². The third kappa shape index (κ3) is 3.24. The highest BCUT2D eigenvalue weighted by atomic mass is 16.5. The molecule has 2 atom stereocenters. The van der Waals surface area contributed by atoms with Gasteiger partial charge in [0.05, 0.1) is 18.3 Å². The molecule has 1 aliphatic heterocycles. The molecule has 7 nitrogen and oxygen atoms in total. The van der Waals surface area contributed by atoms with Crippen LogP contribution >= 0.6 is 0 Å². The summed E-state index contributed by atoms with van der Waals surface area (Å²) in [6, 6.07) is 7.37. The highest BCUT2D eigenvalue weighted by molar-refractivity contribution is 6.09. The van der Waals surface area contributed by atoms with E-state index in [-0.39, 0.29) is 49.0 Å². The van der Waals surface area contributed by atoms with E-state index in [4.69, 9.17) is 4.74 Å².